The molecule has 1 amide bonds. The fourth-order valence-electron chi connectivity index (χ4n) is 5.04. The number of amides is 1. The van der Waals surface area contributed by atoms with Crippen molar-refractivity contribution < 1.29 is 23.8 Å². The number of ether oxygens (including phenoxy) is 2. The molecular formula is C37H37BrFN3O4S. The number of carbonyl (C=O) groups excluding carboxylic acids is 1. The van der Waals surface area contributed by atoms with Crippen molar-refractivity contribution in [3.63, 3.8) is 0 Å². The number of nitrogens with one attached hydrogen (secondary N) is 2. The van der Waals surface area contributed by atoms with Gasteiger partial charge in [0.05, 0.1) is 6.61 Å². The predicted molar refractivity (Wildman–Crippen MR) is 190 cm³/mol. The van der Waals surface area contributed by atoms with E-state index in [4.69, 9.17) is 19.6 Å². The number of hydrazine groups is 1. The molecule has 0 bridgehead atoms. The van der Waals surface area contributed by atoms with Crippen LogP contribution in [-0.2, 0) is 15.3 Å². The first kappa shape index (κ1) is 34.4. The minimum absolute atomic E-state index is 0.0622. The first-order chi connectivity index (χ1) is 23.0. The zero-order chi connectivity index (χ0) is 32.9. The molecule has 10 heteroatoms. The number of aliphatic hydroxyl groups is 1. The largest absolute Gasteiger partial charge is 0.494 e. The third-order valence-corrected chi connectivity index (χ3v) is 9.06. The van der Waals surface area contributed by atoms with Crippen LogP contribution >= 0.6 is 27.7 Å². The van der Waals surface area contributed by atoms with Crippen LogP contribution in [-0.4, -0.2) is 48.0 Å². The van der Waals surface area contributed by atoms with E-state index in [1.807, 2.05) is 91.0 Å². The zero-order valence-corrected chi connectivity index (χ0v) is 28.2. The van der Waals surface area contributed by atoms with E-state index >= 15 is 0 Å². The Hall–Kier alpha value is -3.96. The number of benzene rings is 4. The van der Waals surface area contributed by atoms with Crippen molar-refractivity contribution in [1.82, 2.24) is 10.9 Å². The van der Waals surface area contributed by atoms with Gasteiger partial charge in [-0.05, 0) is 65.2 Å². The summed E-state index contributed by atoms with van der Waals surface area (Å²) in [6.07, 6.45) is 4.07. The maximum Gasteiger partial charge on any atom is 0.266 e. The molecule has 244 valence electrons. The molecule has 4 aromatic carbocycles. The Morgan fingerprint density at radius 3 is 2.49 bits per heavy atom. The van der Waals surface area contributed by atoms with Gasteiger partial charge < -0.3 is 14.6 Å². The van der Waals surface area contributed by atoms with E-state index in [0.717, 1.165) is 32.7 Å². The molecule has 4 aromatic rings. The Bertz CT molecular complexity index is 1640. The number of thioether (sulfide) groups is 1. The first-order valence-electron chi connectivity index (χ1n) is 15.4. The van der Waals surface area contributed by atoms with Crippen molar-refractivity contribution in [1.29, 1.82) is 0 Å². The lowest BCUT2D eigenvalue weighted by atomic mass is 9.84. The van der Waals surface area contributed by atoms with E-state index in [9.17, 15) is 9.18 Å². The molecule has 0 aliphatic carbocycles. The Kier molecular flexibility index (Phi) is 12.6. The van der Waals surface area contributed by atoms with E-state index in [0.29, 0.717) is 36.8 Å². The van der Waals surface area contributed by atoms with Crippen LogP contribution < -0.4 is 15.6 Å². The van der Waals surface area contributed by atoms with Crippen LogP contribution in [0.4, 0.5) is 4.39 Å². The van der Waals surface area contributed by atoms with Crippen LogP contribution in [0.25, 0.3) is 6.08 Å². The number of halogens is 2. The molecule has 1 aliphatic heterocycles. The van der Waals surface area contributed by atoms with Gasteiger partial charge in [-0.3, -0.25) is 10.2 Å². The normalized spacial score (nSPS) is 17.3. The number of aliphatic hydroxyl groups excluding tert-OH is 1. The molecule has 1 aliphatic rings. The number of carbonyl (C=O) groups is 1. The highest BCUT2D eigenvalue weighted by molar-refractivity contribution is 9.10. The molecule has 0 spiro atoms. The number of aliphatic imine (C=N–C) groups is 1. The number of hydrogen-bond donors (Lipinski definition) is 3. The van der Waals surface area contributed by atoms with E-state index in [1.54, 1.807) is 23.9 Å². The molecule has 5 rings (SSSR count). The molecule has 0 unspecified atom stereocenters. The first-order valence-corrected chi connectivity index (χ1v) is 17.3. The molecule has 3 N–H and O–H groups in total. The summed E-state index contributed by atoms with van der Waals surface area (Å²) in [6.45, 7) is 0.992. The van der Waals surface area contributed by atoms with E-state index in [-0.39, 0.29) is 24.8 Å². The van der Waals surface area contributed by atoms with Gasteiger partial charge in [-0.2, -0.15) is 11.8 Å². The summed E-state index contributed by atoms with van der Waals surface area (Å²) in [5, 5.41) is 9.06. The van der Waals surface area contributed by atoms with Crippen molar-refractivity contribution in [2.45, 2.75) is 30.2 Å². The summed E-state index contributed by atoms with van der Waals surface area (Å²) in [4.78, 5) is 19.3. The van der Waals surface area contributed by atoms with Gasteiger partial charge >= 0.3 is 0 Å². The van der Waals surface area contributed by atoms with Crippen molar-refractivity contribution in [2.24, 2.45) is 4.99 Å². The molecule has 2 atom stereocenters. The van der Waals surface area contributed by atoms with Crippen molar-refractivity contribution in [3.8, 4) is 5.75 Å². The van der Waals surface area contributed by atoms with Crippen molar-refractivity contribution >= 4 is 45.6 Å². The van der Waals surface area contributed by atoms with Crippen molar-refractivity contribution in [3.05, 3.63) is 142 Å². The lowest BCUT2D eigenvalue weighted by Gasteiger charge is -2.30. The summed E-state index contributed by atoms with van der Waals surface area (Å²) in [7, 11) is 0. The van der Waals surface area contributed by atoms with Crippen LogP contribution in [0.5, 0.6) is 5.75 Å². The second-order valence-corrected chi connectivity index (χ2v) is 12.9. The van der Waals surface area contributed by atoms with Crippen LogP contribution in [0.1, 0.15) is 41.2 Å². The minimum atomic E-state index is -1.32. The molecule has 47 heavy (non-hydrogen) atoms. The van der Waals surface area contributed by atoms with Crippen LogP contribution in [0.2, 0.25) is 0 Å². The van der Waals surface area contributed by atoms with Gasteiger partial charge in [0, 0.05) is 47.5 Å². The Morgan fingerprint density at radius 1 is 1.02 bits per heavy atom. The maximum absolute atomic E-state index is 14.2. The highest BCUT2D eigenvalue weighted by Gasteiger charge is 2.52. The van der Waals surface area contributed by atoms with Gasteiger partial charge in [-0.1, -0.05) is 82.7 Å². The van der Waals surface area contributed by atoms with Gasteiger partial charge in [0.15, 0.2) is 11.6 Å². The third-order valence-electron chi connectivity index (χ3n) is 7.50. The Labute approximate surface area is 287 Å². The standard InChI is InChI=1S/C37H37BrFN3O4S/c38-31-15-11-29(12-16-31)34-37(21-4-8-27-6-2-1-3-7-27,36(44)42-40-22-25-47-26-28-9-17-32(39)18-10-28)41-35(46-34)30-13-19-33(20-14-30)45-24-5-23-43/h1-4,6-20,34,40,43H,5,21-26H2,(H,42,44)/b8-4+/t34-,37-/m0/s1. The average Bonchev–Trinajstić information content (AvgIpc) is 3.49. The smallest absolute Gasteiger partial charge is 0.266 e. The molecule has 7 nitrogen and oxygen atoms in total. The van der Waals surface area contributed by atoms with E-state index < -0.39 is 11.6 Å². The quantitative estimate of drug-likeness (QED) is 0.0835. The molecule has 1 heterocycles. The highest BCUT2D eigenvalue weighted by atomic mass is 79.9. The molecule has 0 saturated heterocycles. The topological polar surface area (TPSA) is 92.2 Å². The summed E-state index contributed by atoms with van der Waals surface area (Å²) < 4.78 is 26.4. The fraction of sp³-hybridized carbons (Fsp3) is 0.243. The maximum atomic E-state index is 14.2. The Morgan fingerprint density at radius 2 is 1.77 bits per heavy atom. The second kappa shape index (κ2) is 17.3. The molecule has 0 fully saturated rings. The van der Waals surface area contributed by atoms with Gasteiger partial charge in [-0.25, -0.2) is 14.8 Å². The fourth-order valence-corrected chi connectivity index (χ4v) is 6.12. The van der Waals surface area contributed by atoms with Gasteiger partial charge in [0.2, 0.25) is 5.90 Å². The summed E-state index contributed by atoms with van der Waals surface area (Å²) in [6, 6.07) is 31.5. The summed E-state index contributed by atoms with van der Waals surface area (Å²) >= 11 is 5.20. The van der Waals surface area contributed by atoms with Gasteiger partial charge in [-0.15, -0.1) is 0 Å². The van der Waals surface area contributed by atoms with Crippen LogP contribution in [0.3, 0.4) is 0 Å². The molecule has 0 saturated carbocycles. The van der Waals surface area contributed by atoms with E-state index in [2.05, 4.69) is 26.8 Å². The van der Waals surface area contributed by atoms with Gasteiger partial charge in [0.25, 0.3) is 5.91 Å². The second-order valence-electron chi connectivity index (χ2n) is 10.9. The molecular weight excluding hydrogens is 681 g/mol. The molecule has 0 radical (unpaired) electrons. The minimum Gasteiger partial charge on any atom is -0.494 e. The number of rotatable bonds is 16. The predicted octanol–water partition coefficient (Wildman–Crippen LogP) is 7.26. The monoisotopic (exact) mass is 717 g/mol. The molecule has 0 aromatic heterocycles. The zero-order valence-electron chi connectivity index (χ0n) is 25.8. The lowest BCUT2D eigenvalue weighted by Crippen LogP contribution is -2.52. The third kappa shape index (κ3) is 9.54. The van der Waals surface area contributed by atoms with Crippen LogP contribution in [0.15, 0.2) is 119 Å². The summed E-state index contributed by atoms with van der Waals surface area (Å²) in [5.41, 5.74) is 8.27. The average molecular weight is 719 g/mol. The van der Waals surface area contributed by atoms with E-state index in [1.165, 1.54) is 12.1 Å². The van der Waals surface area contributed by atoms with Crippen molar-refractivity contribution in [2.75, 3.05) is 25.5 Å². The SMILES string of the molecule is O=C(NNCCSCc1ccc(F)cc1)[C@@]1(C/C=C/c2ccccc2)N=C(c2ccc(OCCCO)cc2)O[C@H]1c1ccc(Br)cc1. The van der Waals surface area contributed by atoms with Crippen LogP contribution in [0, 0.1) is 5.82 Å². The summed E-state index contributed by atoms with van der Waals surface area (Å²) in [5.74, 6) is 1.93. The Balaban J connectivity index is 1.37. The number of nitrogens with zero attached hydrogens (tertiary/aromatic N) is 1. The lowest BCUT2D eigenvalue weighted by molar-refractivity contribution is -0.129. The highest BCUT2D eigenvalue weighted by Crippen LogP contribution is 2.43. The van der Waals surface area contributed by atoms with Gasteiger partial charge in [0.1, 0.15) is 11.6 Å². The number of hydrogen-bond acceptors (Lipinski definition) is 7.